The number of carbonyl (C=O) groups is 3. The van der Waals surface area contributed by atoms with E-state index in [0.717, 1.165) is 11.8 Å². The predicted octanol–water partition coefficient (Wildman–Crippen LogP) is 2.03. The molecule has 5 N–H and O–H groups in total. The summed E-state index contributed by atoms with van der Waals surface area (Å²) < 4.78 is 35.3. The number of rotatable bonds is 10. The minimum Gasteiger partial charge on any atom is -0.494 e. The standard InChI is InChI=1S/C34H46N6O8S/c1-34(2,3)24-16-23(32(35)43)31(48-5)28(36-49(6,46)47)27(24)26-22-9-7-8-20(29(22)37(4)30(26)33(44)45)17-38-12-14-40(15-13-38)25(42)19-39-11-10-21(41)18-39/h7-9,16,21,36,41H,10-15,17-19H2,1-6H3,(H2,35,43)(H,44,45). The van der Waals surface area contributed by atoms with E-state index in [0.29, 0.717) is 75.2 Å². The highest BCUT2D eigenvalue weighted by molar-refractivity contribution is 7.92. The summed E-state index contributed by atoms with van der Waals surface area (Å²) in [7, 11) is -0.999. The molecule has 2 aromatic carbocycles. The Morgan fingerprint density at radius 1 is 1.06 bits per heavy atom. The van der Waals surface area contributed by atoms with Crippen LogP contribution < -0.4 is 15.2 Å². The van der Waals surface area contributed by atoms with Crippen molar-refractivity contribution in [3.63, 3.8) is 0 Å². The van der Waals surface area contributed by atoms with E-state index in [1.165, 1.54) is 7.11 Å². The summed E-state index contributed by atoms with van der Waals surface area (Å²) >= 11 is 0. The second kappa shape index (κ2) is 13.6. The Morgan fingerprint density at radius 2 is 1.73 bits per heavy atom. The first-order valence-electron chi connectivity index (χ1n) is 16.2. The number of methoxy groups -OCH3 is 1. The Hall–Kier alpha value is -4.18. The van der Waals surface area contributed by atoms with Crippen molar-refractivity contribution in [2.75, 3.05) is 63.9 Å². The number of sulfonamides is 1. The number of carboxylic acid groups (broad SMARTS) is 1. The zero-order valence-electron chi connectivity index (χ0n) is 28.9. The largest absolute Gasteiger partial charge is 0.494 e. The highest BCUT2D eigenvalue weighted by atomic mass is 32.2. The molecule has 0 bridgehead atoms. The molecular weight excluding hydrogens is 652 g/mol. The number of anilines is 1. The molecule has 0 spiro atoms. The van der Waals surface area contributed by atoms with Gasteiger partial charge in [-0.1, -0.05) is 39.0 Å². The van der Waals surface area contributed by atoms with Gasteiger partial charge >= 0.3 is 5.97 Å². The molecule has 1 unspecified atom stereocenters. The highest BCUT2D eigenvalue weighted by Gasteiger charge is 2.35. The third-order valence-corrected chi connectivity index (χ3v) is 9.89. The molecule has 15 heteroatoms. The number of nitrogens with zero attached hydrogens (tertiary/aromatic N) is 4. The van der Waals surface area contributed by atoms with Crippen LogP contribution in [0.1, 0.15) is 59.2 Å². The smallest absolute Gasteiger partial charge is 0.353 e. The number of benzene rings is 2. The number of nitrogens with two attached hydrogens (primary N) is 1. The summed E-state index contributed by atoms with van der Waals surface area (Å²) in [5.74, 6) is -2.13. The Morgan fingerprint density at radius 3 is 2.27 bits per heavy atom. The van der Waals surface area contributed by atoms with Crippen LogP contribution in [0.25, 0.3) is 22.0 Å². The van der Waals surface area contributed by atoms with Crippen molar-refractivity contribution < 1.29 is 37.8 Å². The van der Waals surface area contributed by atoms with E-state index in [2.05, 4.69) is 9.62 Å². The fraction of sp³-hybridized carbons (Fsp3) is 0.500. The lowest BCUT2D eigenvalue weighted by Gasteiger charge is -2.35. The summed E-state index contributed by atoms with van der Waals surface area (Å²) in [6, 6.07) is 7.13. The number of aliphatic hydroxyl groups excluding tert-OH is 1. The number of likely N-dealkylation sites (tertiary alicyclic amines) is 1. The van der Waals surface area contributed by atoms with Crippen molar-refractivity contribution in [1.29, 1.82) is 0 Å². The van der Waals surface area contributed by atoms with Crippen LogP contribution in [0, 0.1) is 0 Å². The number of primary amides is 1. The monoisotopic (exact) mass is 698 g/mol. The number of ether oxygens (including phenoxy) is 1. The number of carbonyl (C=O) groups excluding carboxylic acids is 2. The topological polar surface area (TPSA) is 188 Å². The lowest BCUT2D eigenvalue weighted by molar-refractivity contribution is -0.134. The van der Waals surface area contributed by atoms with E-state index < -0.39 is 27.3 Å². The number of aromatic carboxylic acids is 1. The molecule has 266 valence electrons. The first-order chi connectivity index (χ1) is 22.9. The van der Waals surface area contributed by atoms with E-state index in [1.807, 2.05) is 42.7 Å². The van der Waals surface area contributed by atoms with Crippen LogP contribution in [-0.4, -0.2) is 121 Å². The summed E-state index contributed by atoms with van der Waals surface area (Å²) in [4.78, 5) is 44.7. The van der Waals surface area contributed by atoms with Crippen molar-refractivity contribution in [3.8, 4) is 16.9 Å². The number of carboxylic acids is 1. The van der Waals surface area contributed by atoms with Crippen LogP contribution in [0.15, 0.2) is 24.3 Å². The number of hydrogen-bond acceptors (Lipinski definition) is 9. The molecule has 3 heterocycles. The molecular formula is C34H46N6O8S. The zero-order valence-corrected chi connectivity index (χ0v) is 29.7. The molecule has 2 fully saturated rings. The summed E-state index contributed by atoms with van der Waals surface area (Å²) in [5.41, 5.74) is 7.41. The number of aromatic nitrogens is 1. The van der Waals surface area contributed by atoms with Crippen LogP contribution in [0.3, 0.4) is 0 Å². The van der Waals surface area contributed by atoms with Crippen LogP contribution >= 0.6 is 0 Å². The first-order valence-corrected chi connectivity index (χ1v) is 18.1. The van der Waals surface area contributed by atoms with Crippen molar-refractivity contribution in [3.05, 3.63) is 46.6 Å². The van der Waals surface area contributed by atoms with Crippen molar-refractivity contribution in [2.24, 2.45) is 12.8 Å². The molecule has 2 saturated heterocycles. The van der Waals surface area contributed by atoms with Gasteiger partial charge in [-0.2, -0.15) is 0 Å². The minimum atomic E-state index is -3.96. The van der Waals surface area contributed by atoms with Gasteiger partial charge in [-0.3, -0.25) is 24.1 Å². The number of aliphatic hydroxyl groups is 1. The fourth-order valence-corrected chi connectivity index (χ4v) is 7.63. The molecule has 3 aromatic rings. The maximum Gasteiger partial charge on any atom is 0.353 e. The Balaban J connectivity index is 1.60. The number of para-hydroxylation sites is 1. The quantitative estimate of drug-likeness (QED) is 0.244. The SMILES string of the molecule is COc1c(C(N)=O)cc(C(C)(C)C)c(-c2c(C(=O)O)n(C)c3c(CN4CCN(C(=O)CN5CCC(O)C5)CC4)cccc23)c1NS(C)(=O)=O. The zero-order chi connectivity index (χ0) is 36.0. The van der Waals surface area contributed by atoms with Gasteiger partial charge in [-0.05, 0) is 29.0 Å². The van der Waals surface area contributed by atoms with Gasteiger partial charge in [-0.15, -0.1) is 0 Å². The van der Waals surface area contributed by atoms with Gasteiger partial charge < -0.3 is 30.2 Å². The van der Waals surface area contributed by atoms with Gasteiger partial charge in [0.15, 0.2) is 5.75 Å². The number of amides is 2. The van der Waals surface area contributed by atoms with Gasteiger partial charge in [0.1, 0.15) is 5.69 Å². The molecule has 0 radical (unpaired) electrons. The van der Waals surface area contributed by atoms with E-state index in [4.69, 9.17) is 10.5 Å². The van der Waals surface area contributed by atoms with E-state index in [-0.39, 0.29) is 45.8 Å². The van der Waals surface area contributed by atoms with Crippen LogP contribution in [0.4, 0.5) is 5.69 Å². The van der Waals surface area contributed by atoms with Gasteiger partial charge in [0, 0.05) is 69.4 Å². The average Bonchev–Trinajstić information content (AvgIpc) is 3.55. The fourth-order valence-electron chi connectivity index (χ4n) is 7.06. The maximum atomic E-state index is 13.1. The third-order valence-electron chi connectivity index (χ3n) is 9.32. The maximum absolute atomic E-state index is 13.1. The molecule has 1 aromatic heterocycles. The predicted molar refractivity (Wildman–Crippen MR) is 186 cm³/mol. The normalized spacial score (nSPS) is 17.9. The summed E-state index contributed by atoms with van der Waals surface area (Å²) in [6.07, 6.45) is 1.26. The Kier molecular flexibility index (Phi) is 10.0. The average molecular weight is 699 g/mol. The van der Waals surface area contributed by atoms with Crippen LogP contribution in [0.2, 0.25) is 0 Å². The first kappa shape index (κ1) is 36.1. The second-order valence-electron chi connectivity index (χ2n) is 14.0. The molecule has 0 aliphatic carbocycles. The molecule has 5 rings (SSSR count). The van der Waals surface area contributed by atoms with E-state index in [1.54, 1.807) is 23.7 Å². The number of aryl methyl sites for hydroxylation is 1. The molecule has 1 atom stereocenters. The minimum absolute atomic E-state index is 0.0416. The van der Waals surface area contributed by atoms with Crippen molar-refractivity contribution in [2.45, 2.75) is 45.3 Å². The molecule has 2 aliphatic heterocycles. The number of nitrogens with one attached hydrogen (secondary N) is 1. The lowest BCUT2D eigenvalue weighted by Crippen LogP contribution is -2.50. The van der Waals surface area contributed by atoms with Crippen LogP contribution in [0.5, 0.6) is 5.75 Å². The van der Waals surface area contributed by atoms with Gasteiger partial charge in [0.05, 0.1) is 42.8 Å². The van der Waals surface area contributed by atoms with Crippen molar-refractivity contribution >= 4 is 44.4 Å². The van der Waals surface area contributed by atoms with Gasteiger partial charge in [-0.25, -0.2) is 13.2 Å². The third kappa shape index (κ3) is 7.39. The summed E-state index contributed by atoms with van der Waals surface area (Å²) in [5, 5.41) is 21.1. The van der Waals surface area contributed by atoms with Gasteiger partial charge in [0.25, 0.3) is 5.91 Å². The second-order valence-corrected chi connectivity index (χ2v) is 15.7. The number of fused-ring (bicyclic) bond motifs is 1. The Bertz CT molecular complexity index is 1910. The molecule has 2 amide bonds. The molecule has 0 saturated carbocycles. The number of piperazine rings is 1. The molecule has 14 nitrogen and oxygen atoms in total. The van der Waals surface area contributed by atoms with Crippen LogP contribution in [-0.2, 0) is 33.8 Å². The van der Waals surface area contributed by atoms with E-state index in [9.17, 15) is 33.0 Å². The lowest BCUT2D eigenvalue weighted by atomic mass is 9.79. The number of β-amino-alcohol motifs (C(OH)–C–C–N with tert-alkyl or cyclic N) is 1. The van der Waals surface area contributed by atoms with Gasteiger partial charge in [0.2, 0.25) is 15.9 Å². The van der Waals surface area contributed by atoms with Crippen molar-refractivity contribution in [1.82, 2.24) is 19.3 Å². The molecule has 2 aliphatic rings. The number of hydrogen-bond donors (Lipinski definition) is 4. The summed E-state index contributed by atoms with van der Waals surface area (Å²) in [6.45, 7) is 9.96. The molecule has 49 heavy (non-hydrogen) atoms. The Labute approximate surface area is 286 Å². The van der Waals surface area contributed by atoms with E-state index >= 15 is 0 Å². The highest BCUT2D eigenvalue weighted by Crippen LogP contribution is 2.49.